The van der Waals surface area contributed by atoms with Crippen molar-refractivity contribution >= 4 is 23.0 Å². The number of anilines is 2. The zero-order chi connectivity index (χ0) is 33.4. The molecule has 0 spiro atoms. The van der Waals surface area contributed by atoms with Crippen molar-refractivity contribution in [2.24, 2.45) is 0 Å². The Morgan fingerprint density at radius 3 is 1.93 bits per heavy atom. The third-order valence-corrected chi connectivity index (χ3v) is 7.65. The average molecular weight is 644 g/mol. The van der Waals surface area contributed by atoms with Crippen LogP contribution in [0.2, 0.25) is 0 Å². The van der Waals surface area contributed by atoms with Crippen molar-refractivity contribution in [3.63, 3.8) is 0 Å². The summed E-state index contributed by atoms with van der Waals surface area (Å²) in [6, 6.07) is 7.54. The zero-order valence-corrected chi connectivity index (χ0v) is 24.8. The molecular weight excluding hydrogens is 608 g/mol. The molecule has 15 heteroatoms. The number of amides is 1. The van der Waals surface area contributed by atoms with Crippen LogP contribution in [0.25, 0.3) is 0 Å². The number of nitriles is 1. The maximum Gasteiger partial charge on any atom is 0.423 e. The number of hydrogen-bond acceptors (Lipinski definition) is 7. The van der Waals surface area contributed by atoms with Crippen LogP contribution in [0.15, 0.2) is 36.4 Å². The van der Waals surface area contributed by atoms with Gasteiger partial charge in [-0.25, -0.2) is 0 Å². The van der Waals surface area contributed by atoms with Crippen LogP contribution in [0.4, 0.5) is 43.4 Å². The number of likely N-dealkylation sites (tertiary alicyclic amines) is 1. The average Bonchev–Trinajstić information content (AvgIpc) is 3.01. The third kappa shape index (κ3) is 9.71. The molecule has 0 unspecified atom stereocenters. The minimum Gasteiger partial charge on any atom is -0.382 e. The van der Waals surface area contributed by atoms with E-state index in [9.17, 15) is 41.3 Å². The Bertz CT molecular complexity index is 1360. The maximum absolute atomic E-state index is 13.3. The van der Waals surface area contributed by atoms with Gasteiger partial charge in [-0.05, 0) is 68.9 Å². The van der Waals surface area contributed by atoms with Crippen LogP contribution < -0.4 is 10.6 Å². The Balaban J connectivity index is 0.00000271. The van der Waals surface area contributed by atoms with Crippen molar-refractivity contribution < 1.29 is 40.8 Å². The third-order valence-electron chi connectivity index (χ3n) is 7.65. The molecule has 2 N–H and O–H groups in total. The lowest BCUT2D eigenvalue weighted by molar-refractivity contribution is -0.388. The monoisotopic (exact) mass is 643 g/mol. The largest absolute Gasteiger partial charge is 0.423 e. The summed E-state index contributed by atoms with van der Waals surface area (Å²) < 4.78 is 85.3. The molecule has 246 valence electrons. The van der Waals surface area contributed by atoms with E-state index in [0.29, 0.717) is 51.6 Å². The van der Waals surface area contributed by atoms with E-state index in [4.69, 9.17) is 10.00 Å². The van der Waals surface area contributed by atoms with Gasteiger partial charge in [-0.1, -0.05) is 13.8 Å². The van der Waals surface area contributed by atoms with Crippen molar-refractivity contribution in [1.82, 2.24) is 4.90 Å². The number of nitro groups is 1. The SMILES string of the molecule is CC.N#Cc1ccc(NC2CCC(OCC(=O)N3CCC(Nc4ccc([N+](=O)[O-])c(C(F)(F)F)c4)CC3)CC2)cc1C(F)(F)F. The van der Waals surface area contributed by atoms with Gasteiger partial charge in [0.2, 0.25) is 5.91 Å². The maximum atomic E-state index is 13.3. The van der Waals surface area contributed by atoms with Crippen molar-refractivity contribution in [3.8, 4) is 6.07 Å². The Kier molecular flexibility index (Phi) is 12.0. The lowest BCUT2D eigenvalue weighted by Gasteiger charge is -2.34. The molecule has 45 heavy (non-hydrogen) atoms. The van der Waals surface area contributed by atoms with Crippen LogP contribution in [-0.4, -0.2) is 53.6 Å². The summed E-state index contributed by atoms with van der Waals surface area (Å²) in [5.74, 6) is -0.217. The van der Waals surface area contributed by atoms with Gasteiger partial charge in [-0.2, -0.15) is 31.6 Å². The first kappa shape index (κ1) is 35.4. The number of hydrogen-bond donors (Lipinski definition) is 2. The molecule has 1 aliphatic carbocycles. The molecule has 0 aromatic heterocycles. The second-order valence-corrected chi connectivity index (χ2v) is 10.6. The fraction of sp³-hybridized carbons (Fsp3) is 0.533. The topological polar surface area (TPSA) is 121 Å². The van der Waals surface area contributed by atoms with Gasteiger partial charge in [0.15, 0.2) is 0 Å². The smallest absolute Gasteiger partial charge is 0.382 e. The minimum atomic E-state index is -4.88. The van der Waals surface area contributed by atoms with Crippen LogP contribution in [0.1, 0.15) is 69.1 Å². The van der Waals surface area contributed by atoms with Gasteiger partial charge in [0.25, 0.3) is 5.69 Å². The van der Waals surface area contributed by atoms with Crippen molar-refractivity contribution in [3.05, 3.63) is 63.2 Å². The molecule has 1 amide bonds. The van der Waals surface area contributed by atoms with E-state index in [2.05, 4.69) is 10.6 Å². The molecule has 1 heterocycles. The van der Waals surface area contributed by atoms with E-state index in [0.717, 1.165) is 24.3 Å². The van der Waals surface area contributed by atoms with E-state index in [1.165, 1.54) is 12.1 Å². The molecule has 2 fully saturated rings. The van der Waals surface area contributed by atoms with Gasteiger partial charge >= 0.3 is 12.4 Å². The summed E-state index contributed by atoms with van der Waals surface area (Å²) in [7, 11) is 0. The molecule has 2 aromatic rings. The number of alkyl halides is 6. The Labute approximate surface area is 256 Å². The van der Waals surface area contributed by atoms with E-state index in [1.807, 2.05) is 13.8 Å². The van der Waals surface area contributed by atoms with Crippen LogP contribution in [0, 0.1) is 21.4 Å². The summed E-state index contributed by atoms with van der Waals surface area (Å²) in [5.41, 5.74) is -3.40. The molecular formula is C30H35F6N5O4. The molecule has 0 atom stereocenters. The fourth-order valence-corrected chi connectivity index (χ4v) is 5.38. The highest BCUT2D eigenvalue weighted by atomic mass is 19.4. The number of nitrogens with one attached hydrogen (secondary N) is 2. The molecule has 4 rings (SSSR count). The Morgan fingerprint density at radius 2 is 1.42 bits per heavy atom. The van der Waals surface area contributed by atoms with Crippen molar-refractivity contribution in [1.29, 1.82) is 5.26 Å². The molecule has 1 saturated heterocycles. The van der Waals surface area contributed by atoms with E-state index in [-0.39, 0.29) is 42.1 Å². The van der Waals surface area contributed by atoms with Crippen LogP contribution >= 0.6 is 0 Å². The molecule has 0 bridgehead atoms. The number of piperidine rings is 1. The number of nitro benzene ring substituents is 1. The zero-order valence-electron chi connectivity index (χ0n) is 24.8. The van der Waals surface area contributed by atoms with Gasteiger partial charge in [0.1, 0.15) is 12.2 Å². The molecule has 1 aliphatic heterocycles. The van der Waals surface area contributed by atoms with Crippen LogP contribution in [0.5, 0.6) is 0 Å². The number of benzene rings is 2. The molecule has 2 aliphatic rings. The lowest BCUT2D eigenvalue weighted by Crippen LogP contribution is -2.44. The lowest BCUT2D eigenvalue weighted by atomic mass is 9.92. The number of carbonyl (C=O) groups is 1. The highest BCUT2D eigenvalue weighted by molar-refractivity contribution is 5.77. The van der Waals surface area contributed by atoms with Gasteiger partial charge in [-0.15, -0.1) is 0 Å². The van der Waals surface area contributed by atoms with Crippen LogP contribution in [0.3, 0.4) is 0 Å². The number of ether oxygens (including phenoxy) is 1. The molecule has 0 radical (unpaired) electrons. The predicted octanol–water partition coefficient (Wildman–Crippen LogP) is 7.37. The second kappa shape index (κ2) is 15.3. The Hall–Kier alpha value is -4.06. The van der Waals surface area contributed by atoms with Gasteiger partial charge < -0.3 is 20.3 Å². The summed E-state index contributed by atoms with van der Waals surface area (Å²) in [5, 5.41) is 26.0. The van der Waals surface area contributed by atoms with Crippen molar-refractivity contribution in [2.45, 2.75) is 82.9 Å². The highest BCUT2D eigenvalue weighted by Crippen LogP contribution is 2.38. The first-order valence-electron chi connectivity index (χ1n) is 14.6. The molecule has 1 saturated carbocycles. The van der Waals surface area contributed by atoms with Gasteiger partial charge in [0, 0.05) is 42.6 Å². The predicted molar refractivity (Wildman–Crippen MR) is 154 cm³/mol. The van der Waals surface area contributed by atoms with Crippen molar-refractivity contribution in [2.75, 3.05) is 30.3 Å². The van der Waals surface area contributed by atoms with E-state index in [1.54, 1.807) is 11.0 Å². The molecule has 9 nitrogen and oxygen atoms in total. The normalized spacial score (nSPS) is 19.1. The summed E-state index contributed by atoms with van der Waals surface area (Å²) in [6.07, 6.45) is -6.32. The summed E-state index contributed by atoms with van der Waals surface area (Å²) in [4.78, 5) is 24.2. The fourth-order valence-electron chi connectivity index (χ4n) is 5.38. The van der Waals surface area contributed by atoms with E-state index >= 15 is 0 Å². The van der Waals surface area contributed by atoms with Gasteiger partial charge in [0.05, 0.1) is 28.2 Å². The first-order valence-corrected chi connectivity index (χ1v) is 14.6. The standard InChI is InChI=1S/C28H29F6N5O4.C2H6/c29-27(30,31)23-13-20(2-1-17(23)15-35)36-18-3-6-22(7-4-18)43-16-26(40)38-11-9-19(10-12-38)37-21-5-8-25(39(41)42)24(14-21)28(32,33)34;1-2/h1-2,5,8,13-14,18-19,22,36-37H,3-4,6-7,9-12,16H2;1-2H3. The van der Waals surface area contributed by atoms with Crippen LogP contribution in [-0.2, 0) is 21.9 Å². The first-order chi connectivity index (χ1) is 21.2. The van der Waals surface area contributed by atoms with E-state index < -0.39 is 39.7 Å². The molecule has 2 aromatic carbocycles. The number of carbonyl (C=O) groups excluding carboxylic acids is 1. The second-order valence-electron chi connectivity index (χ2n) is 10.6. The number of rotatable bonds is 8. The number of nitrogens with zero attached hydrogens (tertiary/aromatic N) is 3. The quantitative estimate of drug-likeness (QED) is 0.175. The highest BCUT2D eigenvalue weighted by Gasteiger charge is 2.39. The van der Waals surface area contributed by atoms with Gasteiger partial charge in [-0.3, -0.25) is 14.9 Å². The minimum absolute atomic E-state index is 0.0842. The summed E-state index contributed by atoms with van der Waals surface area (Å²) in [6.45, 7) is 4.59. The Morgan fingerprint density at radius 1 is 0.911 bits per heavy atom. The summed E-state index contributed by atoms with van der Waals surface area (Å²) >= 11 is 0. The number of halogens is 6.